The first-order valence-electron chi connectivity index (χ1n) is 10.4. The summed E-state index contributed by atoms with van der Waals surface area (Å²) in [5.41, 5.74) is 2.29. The number of nitrogens with zero attached hydrogens (tertiary/aromatic N) is 3. The minimum absolute atomic E-state index is 0.149. The van der Waals surface area contributed by atoms with Crippen molar-refractivity contribution < 1.29 is 9.59 Å². The summed E-state index contributed by atoms with van der Waals surface area (Å²) in [7, 11) is 0.967. The van der Waals surface area contributed by atoms with Crippen LogP contribution in [-0.2, 0) is 9.59 Å². The summed E-state index contributed by atoms with van der Waals surface area (Å²) in [6, 6.07) is 20.5. The number of anilines is 2. The first kappa shape index (κ1) is 21.9. The predicted octanol–water partition coefficient (Wildman–Crippen LogP) is 4.58. The van der Waals surface area contributed by atoms with E-state index in [0.29, 0.717) is 0 Å². The Kier molecular flexibility index (Phi) is 5.71. The number of amides is 2. The van der Waals surface area contributed by atoms with Crippen LogP contribution in [0.3, 0.4) is 0 Å². The second-order valence-corrected chi connectivity index (χ2v) is 13.1. The summed E-state index contributed by atoms with van der Waals surface area (Å²) in [5, 5.41) is 2.43. The van der Waals surface area contributed by atoms with Crippen LogP contribution in [0, 0.1) is 0 Å². The van der Waals surface area contributed by atoms with E-state index in [-0.39, 0.29) is 22.5 Å². The molecular formula is C25H25N3O2SSi. The van der Waals surface area contributed by atoms with Crippen molar-refractivity contribution in [1.82, 2.24) is 9.80 Å². The fourth-order valence-corrected chi connectivity index (χ4v) is 6.81. The summed E-state index contributed by atoms with van der Waals surface area (Å²) < 4.78 is 0. The first-order chi connectivity index (χ1) is 15.2. The summed E-state index contributed by atoms with van der Waals surface area (Å²) in [4.78, 5) is 30.6. The lowest BCUT2D eigenvalue weighted by Gasteiger charge is -2.35. The second kappa shape index (κ2) is 8.33. The molecule has 0 aliphatic carbocycles. The molecule has 2 amide bonds. The molecule has 0 bridgehead atoms. The van der Waals surface area contributed by atoms with E-state index in [9.17, 15) is 9.59 Å². The van der Waals surface area contributed by atoms with E-state index in [1.807, 2.05) is 42.5 Å². The van der Waals surface area contributed by atoms with Crippen LogP contribution in [0.5, 0.6) is 0 Å². The normalized spacial score (nSPS) is 18.0. The molecule has 32 heavy (non-hydrogen) atoms. The Morgan fingerprint density at radius 1 is 0.812 bits per heavy atom. The quantitative estimate of drug-likeness (QED) is 0.291. The Balaban J connectivity index is 1.74. The molecular weight excluding hydrogens is 434 g/mol. The van der Waals surface area contributed by atoms with E-state index in [2.05, 4.69) is 48.3 Å². The Hall–Kier alpha value is -3.29. The maximum Gasteiger partial charge on any atom is 0.265 e. The van der Waals surface area contributed by atoms with Gasteiger partial charge in [0.1, 0.15) is 13.6 Å². The molecule has 2 aliphatic heterocycles. The van der Waals surface area contributed by atoms with Crippen LogP contribution >= 0.6 is 12.2 Å². The van der Waals surface area contributed by atoms with E-state index in [0.717, 1.165) is 16.6 Å². The van der Waals surface area contributed by atoms with Gasteiger partial charge in [-0.25, -0.2) is 0 Å². The molecule has 0 radical (unpaired) electrons. The van der Waals surface area contributed by atoms with Gasteiger partial charge >= 0.3 is 0 Å². The van der Waals surface area contributed by atoms with Crippen LogP contribution < -0.4 is 4.90 Å². The standard InChI is InChI=1S/C25H25N3O2SSi/c1-26-23(29)21(24(30)27(2)25(26)31)17-20-15-16-22(32(20,3)4)28(18-11-7-5-8-12-18)19-13-9-6-10-14-19/h5-17H,1-4H3. The number of rotatable bonds is 4. The van der Waals surface area contributed by atoms with Crippen LogP contribution in [0.4, 0.5) is 11.4 Å². The van der Waals surface area contributed by atoms with Crippen molar-refractivity contribution in [3.8, 4) is 0 Å². The number of hydrogen-bond acceptors (Lipinski definition) is 4. The third kappa shape index (κ3) is 3.63. The fourth-order valence-electron chi connectivity index (χ4n) is 4.03. The van der Waals surface area contributed by atoms with Crippen LogP contribution in [0.2, 0.25) is 13.1 Å². The molecule has 0 N–H and O–H groups in total. The number of carbonyl (C=O) groups is 2. The van der Waals surface area contributed by atoms with Crippen molar-refractivity contribution >= 4 is 48.6 Å². The van der Waals surface area contributed by atoms with E-state index in [1.165, 1.54) is 15.1 Å². The van der Waals surface area contributed by atoms with Gasteiger partial charge in [-0.3, -0.25) is 19.4 Å². The SMILES string of the molecule is CN1C(=O)C(=CC2=CC=C(N(c3ccccc3)c3ccccc3)[Si]2(C)C)C(=O)N(C)C1=S. The zero-order valence-corrected chi connectivity index (χ0v) is 20.4. The molecule has 2 aliphatic rings. The Morgan fingerprint density at radius 2 is 1.28 bits per heavy atom. The van der Waals surface area contributed by atoms with E-state index >= 15 is 0 Å². The van der Waals surface area contributed by atoms with Crippen molar-refractivity contribution in [3.05, 3.63) is 95.0 Å². The van der Waals surface area contributed by atoms with Gasteiger partial charge in [-0.1, -0.05) is 60.8 Å². The Morgan fingerprint density at radius 3 is 1.75 bits per heavy atom. The average Bonchev–Trinajstić information content (AvgIpc) is 3.09. The second-order valence-electron chi connectivity index (χ2n) is 8.37. The Labute approximate surface area is 194 Å². The summed E-state index contributed by atoms with van der Waals surface area (Å²) in [6.07, 6.45) is 5.93. The zero-order chi connectivity index (χ0) is 23.0. The molecule has 162 valence electrons. The van der Waals surface area contributed by atoms with Gasteiger partial charge in [0.15, 0.2) is 5.11 Å². The summed E-state index contributed by atoms with van der Waals surface area (Å²) in [5.74, 6) is -0.722. The maximum atomic E-state index is 12.8. The Bertz CT molecular complexity index is 1120. The van der Waals surface area contributed by atoms with Gasteiger partial charge in [-0.15, -0.1) is 0 Å². The number of benzene rings is 2. The third-order valence-corrected chi connectivity index (χ3v) is 9.97. The van der Waals surface area contributed by atoms with Gasteiger partial charge in [0.05, 0.1) is 0 Å². The number of para-hydroxylation sites is 2. The molecule has 1 saturated heterocycles. The highest BCUT2D eigenvalue weighted by atomic mass is 32.1. The van der Waals surface area contributed by atoms with Gasteiger partial charge < -0.3 is 4.90 Å². The minimum atomic E-state index is -2.23. The monoisotopic (exact) mass is 459 g/mol. The van der Waals surface area contributed by atoms with Gasteiger partial charge in [0.2, 0.25) is 0 Å². The lowest BCUT2D eigenvalue weighted by atomic mass is 10.1. The number of allylic oxidation sites excluding steroid dienone is 4. The number of likely N-dealkylation sites (N-methyl/N-ethyl adjacent to an activating group) is 2. The molecule has 5 nitrogen and oxygen atoms in total. The van der Waals surface area contributed by atoms with Gasteiger partial charge in [-0.05, 0) is 48.6 Å². The minimum Gasteiger partial charge on any atom is -0.318 e. The smallest absolute Gasteiger partial charge is 0.265 e. The van der Waals surface area contributed by atoms with E-state index < -0.39 is 8.07 Å². The van der Waals surface area contributed by atoms with Gasteiger partial charge in [0, 0.05) is 30.8 Å². The molecule has 4 rings (SSSR count). The van der Waals surface area contributed by atoms with E-state index in [1.54, 1.807) is 20.2 Å². The lowest BCUT2D eigenvalue weighted by molar-refractivity contribution is -0.132. The van der Waals surface area contributed by atoms with Crippen molar-refractivity contribution in [2.24, 2.45) is 0 Å². The fraction of sp³-hybridized carbons (Fsp3) is 0.160. The number of hydrogen-bond donors (Lipinski definition) is 0. The summed E-state index contributed by atoms with van der Waals surface area (Å²) >= 11 is 5.21. The highest BCUT2D eigenvalue weighted by molar-refractivity contribution is 7.80. The topological polar surface area (TPSA) is 43.9 Å². The van der Waals surface area contributed by atoms with Gasteiger partial charge in [0.25, 0.3) is 11.8 Å². The molecule has 0 aromatic heterocycles. The number of carbonyl (C=O) groups excluding carboxylic acids is 2. The number of thiocarbonyl (C=S) groups is 1. The van der Waals surface area contributed by atoms with E-state index in [4.69, 9.17) is 12.2 Å². The first-order valence-corrected chi connectivity index (χ1v) is 13.8. The van der Waals surface area contributed by atoms with Crippen molar-refractivity contribution in [2.75, 3.05) is 19.0 Å². The largest absolute Gasteiger partial charge is 0.318 e. The third-order valence-electron chi connectivity index (χ3n) is 6.00. The van der Waals surface area contributed by atoms with Crippen molar-refractivity contribution in [3.63, 3.8) is 0 Å². The molecule has 2 aromatic carbocycles. The molecule has 2 aromatic rings. The zero-order valence-electron chi connectivity index (χ0n) is 18.6. The lowest BCUT2D eigenvalue weighted by Crippen LogP contribution is -2.53. The van der Waals surface area contributed by atoms with Crippen LogP contribution in [0.25, 0.3) is 0 Å². The molecule has 0 atom stereocenters. The molecule has 0 saturated carbocycles. The molecule has 1 fully saturated rings. The maximum absolute atomic E-state index is 12.8. The molecule has 2 heterocycles. The van der Waals surface area contributed by atoms with Crippen molar-refractivity contribution in [2.45, 2.75) is 13.1 Å². The van der Waals surface area contributed by atoms with Crippen LogP contribution in [0.15, 0.2) is 95.0 Å². The highest BCUT2D eigenvalue weighted by Gasteiger charge is 2.40. The average molecular weight is 460 g/mol. The molecule has 0 spiro atoms. The van der Waals surface area contributed by atoms with Gasteiger partial charge in [-0.2, -0.15) is 0 Å². The van der Waals surface area contributed by atoms with Crippen LogP contribution in [-0.4, -0.2) is 48.9 Å². The predicted molar refractivity (Wildman–Crippen MR) is 135 cm³/mol. The highest BCUT2D eigenvalue weighted by Crippen LogP contribution is 2.40. The molecule has 0 unspecified atom stereocenters. The molecule has 7 heteroatoms. The van der Waals surface area contributed by atoms with Crippen LogP contribution in [0.1, 0.15) is 0 Å². The summed E-state index contributed by atoms with van der Waals surface area (Å²) in [6.45, 7) is 4.48. The van der Waals surface area contributed by atoms with Crippen molar-refractivity contribution in [1.29, 1.82) is 0 Å².